The number of hydrogen-bond donors (Lipinski definition) is 0. The Bertz CT molecular complexity index is 521. The summed E-state index contributed by atoms with van der Waals surface area (Å²) in [7, 11) is 0. The first-order chi connectivity index (χ1) is 10.4. The molecule has 0 aliphatic carbocycles. The molecular weight excluding hydrogens is 260 g/mol. The maximum atomic E-state index is 5.81. The number of piperazine rings is 1. The second-order valence-corrected chi connectivity index (χ2v) is 5.47. The van der Waals surface area contributed by atoms with Crippen LogP contribution in [0.1, 0.15) is 5.56 Å². The Morgan fingerprint density at radius 1 is 0.714 bits per heavy atom. The Balaban J connectivity index is 1.41. The van der Waals surface area contributed by atoms with Crippen LogP contribution < -0.4 is 4.74 Å². The molecular formula is C18H22N2O. The number of ether oxygens (including phenoxy) is 1. The van der Waals surface area contributed by atoms with Crippen molar-refractivity contribution >= 4 is 0 Å². The third kappa shape index (κ3) is 4.31. The minimum Gasteiger partial charge on any atom is -0.478 e. The normalized spacial score (nSPS) is 16.8. The highest BCUT2D eigenvalue weighted by molar-refractivity contribution is 5.20. The van der Waals surface area contributed by atoms with Crippen LogP contribution in [-0.2, 0) is 6.54 Å². The fraction of sp³-hybridized carbons (Fsp3) is 0.333. The molecule has 1 saturated heterocycles. The van der Waals surface area contributed by atoms with Crippen molar-refractivity contribution in [3.63, 3.8) is 0 Å². The van der Waals surface area contributed by atoms with E-state index in [-0.39, 0.29) is 0 Å². The van der Waals surface area contributed by atoms with Gasteiger partial charge >= 0.3 is 0 Å². The quantitative estimate of drug-likeness (QED) is 0.838. The minimum atomic E-state index is 0.684. The zero-order valence-corrected chi connectivity index (χ0v) is 12.3. The molecule has 3 rings (SSSR count). The summed E-state index contributed by atoms with van der Waals surface area (Å²) in [6.45, 7) is 6.08. The second-order valence-electron chi connectivity index (χ2n) is 5.47. The van der Waals surface area contributed by atoms with E-state index >= 15 is 0 Å². The largest absolute Gasteiger partial charge is 0.478 e. The van der Waals surface area contributed by atoms with Crippen LogP contribution in [0.3, 0.4) is 0 Å². The van der Waals surface area contributed by atoms with Crippen molar-refractivity contribution in [3.05, 3.63) is 66.2 Å². The summed E-state index contributed by atoms with van der Waals surface area (Å²) >= 11 is 0. The molecule has 0 spiro atoms. The third-order valence-corrected chi connectivity index (χ3v) is 3.87. The van der Waals surface area contributed by atoms with Gasteiger partial charge in [0.25, 0.3) is 0 Å². The van der Waals surface area contributed by atoms with Gasteiger partial charge in [0, 0.05) is 32.7 Å². The van der Waals surface area contributed by atoms with E-state index in [2.05, 4.69) is 40.1 Å². The van der Waals surface area contributed by atoms with Gasteiger partial charge in [-0.25, -0.2) is 0 Å². The van der Waals surface area contributed by atoms with Gasteiger partial charge in [-0.15, -0.1) is 0 Å². The zero-order valence-electron chi connectivity index (χ0n) is 12.3. The van der Waals surface area contributed by atoms with Gasteiger partial charge in [-0.1, -0.05) is 48.5 Å². The van der Waals surface area contributed by atoms with Gasteiger partial charge in [-0.05, 0) is 17.7 Å². The van der Waals surface area contributed by atoms with Crippen molar-refractivity contribution in [2.24, 2.45) is 0 Å². The summed E-state index contributed by atoms with van der Waals surface area (Å²) in [4.78, 5) is 4.88. The summed E-state index contributed by atoms with van der Waals surface area (Å²) in [6.07, 6.45) is 0. The molecule has 2 aromatic rings. The van der Waals surface area contributed by atoms with E-state index in [0.29, 0.717) is 6.73 Å². The molecule has 0 radical (unpaired) electrons. The average Bonchev–Trinajstić information content (AvgIpc) is 2.56. The van der Waals surface area contributed by atoms with E-state index in [1.165, 1.54) is 5.56 Å². The maximum Gasteiger partial charge on any atom is 0.142 e. The van der Waals surface area contributed by atoms with Crippen LogP contribution in [0.25, 0.3) is 0 Å². The Morgan fingerprint density at radius 2 is 1.29 bits per heavy atom. The molecule has 0 aromatic heterocycles. The molecule has 1 aliphatic heterocycles. The average molecular weight is 282 g/mol. The maximum absolute atomic E-state index is 5.81. The molecule has 1 fully saturated rings. The third-order valence-electron chi connectivity index (χ3n) is 3.87. The Labute approximate surface area is 126 Å². The van der Waals surface area contributed by atoms with Crippen LogP contribution in [-0.4, -0.2) is 42.7 Å². The first kappa shape index (κ1) is 14.1. The number of nitrogens with zero attached hydrogens (tertiary/aromatic N) is 2. The van der Waals surface area contributed by atoms with Gasteiger partial charge in [-0.2, -0.15) is 0 Å². The molecule has 0 saturated carbocycles. The van der Waals surface area contributed by atoms with E-state index in [1.807, 2.05) is 30.3 Å². The summed E-state index contributed by atoms with van der Waals surface area (Å²) < 4.78 is 5.81. The lowest BCUT2D eigenvalue weighted by Crippen LogP contribution is -2.47. The first-order valence-electron chi connectivity index (χ1n) is 7.57. The number of rotatable bonds is 5. The molecule has 21 heavy (non-hydrogen) atoms. The van der Waals surface area contributed by atoms with Crippen LogP contribution in [0, 0.1) is 0 Å². The summed E-state index contributed by atoms with van der Waals surface area (Å²) in [5.74, 6) is 0.948. The van der Waals surface area contributed by atoms with Gasteiger partial charge in [0.05, 0.1) is 0 Å². The van der Waals surface area contributed by atoms with Gasteiger partial charge in [-0.3, -0.25) is 9.80 Å². The topological polar surface area (TPSA) is 15.7 Å². The second kappa shape index (κ2) is 7.25. The van der Waals surface area contributed by atoms with Crippen LogP contribution in [0.2, 0.25) is 0 Å². The smallest absolute Gasteiger partial charge is 0.142 e. The van der Waals surface area contributed by atoms with Crippen LogP contribution in [0.15, 0.2) is 60.7 Å². The number of benzene rings is 2. The fourth-order valence-electron chi connectivity index (χ4n) is 2.60. The van der Waals surface area contributed by atoms with Crippen molar-refractivity contribution in [1.29, 1.82) is 0 Å². The molecule has 0 N–H and O–H groups in total. The van der Waals surface area contributed by atoms with Gasteiger partial charge < -0.3 is 4.74 Å². The Morgan fingerprint density at radius 3 is 1.95 bits per heavy atom. The predicted molar refractivity (Wildman–Crippen MR) is 85.2 cm³/mol. The van der Waals surface area contributed by atoms with Crippen LogP contribution in [0.4, 0.5) is 0 Å². The molecule has 0 amide bonds. The molecule has 0 unspecified atom stereocenters. The first-order valence-corrected chi connectivity index (χ1v) is 7.57. The van der Waals surface area contributed by atoms with Crippen LogP contribution in [0.5, 0.6) is 5.75 Å². The van der Waals surface area contributed by atoms with Crippen molar-refractivity contribution < 1.29 is 4.74 Å². The highest BCUT2D eigenvalue weighted by Crippen LogP contribution is 2.11. The zero-order chi connectivity index (χ0) is 14.3. The van der Waals surface area contributed by atoms with Gasteiger partial charge in [0.2, 0.25) is 0 Å². The predicted octanol–water partition coefficient (Wildman–Crippen LogP) is 2.84. The lowest BCUT2D eigenvalue weighted by molar-refractivity contribution is 0.0635. The Kier molecular flexibility index (Phi) is 4.87. The van der Waals surface area contributed by atoms with E-state index < -0.39 is 0 Å². The summed E-state index contributed by atoms with van der Waals surface area (Å²) in [5, 5.41) is 0. The monoisotopic (exact) mass is 282 g/mol. The molecule has 1 aliphatic rings. The number of para-hydroxylation sites is 1. The van der Waals surface area contributed by atoms with Crippen LogP contribution >= 0.6 is 0 Å². The van der Waals surface area contributed by atoms with E-state index in [9.17, 15) is 0 Å². The van der Waals surface area contributed by atoms with Gasteiger partial charge in [0.1, 0.15) is 12.5 Å². The highest BCUT2D eigenvalue weighted by atomic mass is 16.5. The molecule has 110 valence electrons. The standard InChI is InChI=1S/C18H22N2O/c1-3-7-17(8-4-1)15-19-11-13-20(14-12-19)16-21-18-9-5-2-6-10-18/h1-10H,11-16H2. The molecule has 1 heterocycles. The van der Waals surface area contributed by atoms with Crippen molar-refractivity contribution in [2.45, 2.75) is 6.54 Å². The SMILES string of the molecule is c1ccc(CN2CCN(COc3ccccc3)CC2)cc1. The van der Waals surface area contributed by atoms with Crippen molar-refractivity contribution in [2.75, 3.05) is 32.9 Å². The molecule has 3 heteroatoms. The van der Waals surface area contributed by atoms with E-state index in [0.717, 1.165) is 38.5 Å². The fourth-order valence-corrected chi connectivity index (χ4v) is 2.60. The minimum absolute atomic E-state index is 0.684. The molecule has 3 nitrogen and oxygen atoms in total. The Hall–Kier alpha value is -1.84. The van der Waals surface area contributed by atoms with E-state index in [4.69, 9.17) is 4.74 Å². The van der Waals surface area contributed by atoms with Crippen molar-refractivity contribution in [1.82, 2.24) is 9.80 Å². The number of hydrogen-bond acceptors (Lipinski definition) is 3. The van der Waals surface area contributed by atoms with Gasteiger partial charge in [0.15, 0.2) is 0 Å². The van der Waals surface area contributed by atoms with Crippen molar-refractivity contribution in [3.8, 4) is 5.75 Å². The molecule has 2 aromatic carbocycles. The summed E-state index contributed by atoms with van der Waals surface area (Å²) in [6, 6.07) is 20.7. The lowest BCUT2D eigenvalue weighted by atomic mass is 10.2. The molecule has 0 atom stereocenters. The summed E-state index contributed by atoms with van der Waals surface area (Å²) in [5.41, 5.74) is 1.39. The lowest BCUT2D eigenvalue weighted by Gasteiger charge is -2.34. The molecule has 0 bridgehead atoms. The van der Waals surface area contributed by atoms with E-state index in [1.54, 1.807) is 0 Å². The highest BCUT2D eigenvalue weighted by Gasteiger charge is 2.16.